The number of alkyl halides is 3. The summed E-state index contributed by atoms with van der Waals surface area (Å²) in [5, 5.41) is 0. The van der Waals surface area contributed by atoms with E-state index in [2.05, 4.69) is 4.74 Å². The second-order valence-corrected chi connectivity index (χ2v) is 5.40. The number of hydrogen-bond acceptors (Lipinski definition) is 4. The molecule has 2 aromatic rings. The number of hydrogen-bond donors (Lipinski definition) is 1. The van der Waals surface area contributed by atoms with Crippen LogP contribution < -0.4 is 5.73 Å². The Balaban J connectivity index is 1.99. The molecule has 2 N–H and O–H groups in total. The van der Waals surface area contributed by atoms with Gasteiger partial charge in [0.15, 0.2) is 0 Å². The third-order valence-corrected chi connectivity index (χ3v) is 3.31. The molecule has 0 saturated heterocycles. The molecule has 0 spiro atoms. The van der Waals surface area contributed by atoms with Crippen molar-refractivity contribution < 1.29 is 32.2 Å². The summed E-state index contributed by atoms with van der Waals surface area (Å²) >= 11 is 0. The first-order valence-corrected chi connectivity index (χ1v) is 7.55. The molecule has 0 fully saturated rings. The summed E-state index contributed by atoms with van der Waals surface area (Å²) in [7, 11) is 0. The lowest BCUT2D eigenvalue weighted by molar-refractivity contribution is -0.176. The molecule has 1 unspecified atom stereocenters. The molecule has 0 aliphatic heterocycles. The Hall–Kier alpha value is -2.87. The van der Waals surface area contributed by atoms with Gasteiger partial charge in [0.05, 0.1) is 12.2 Å². The van der Waals surface area contributed by atoms with Gasteiger partial charge >= 0.3 is 12.1 Å². The highest BCUT2D eigenvalue weighted by atomic mass is 19.4. The van der Waals surface area contributed by atoms with E-state index in [9.17, 15) is 22.8 Å². The summed E-state index contributed by atoms with van der Waals surface area (Å²) in [5.41, 5.74) is 6.31. The van der Waals surface area contributed by atoms with Crippen LogP contribution in [-0.4, -0.2) is 24.7 Å². The average Bonchev–Trinajstić information content (AvgIpc) is 2.59. The van der Waals surface area contributed by atoms with Gasteiger partial charge in [0.2, 0.25) is 6.10 Å². The second-order valence-electron chi connectivity index (χ2n) is 5.40. The summed E-state index contributed by atoms with van der Waals surface area (Å²) in [6.45, 7) is -1.60. The molecule has 0 aliphatic rings. The number of halogens is 3. The molecule has 5 nitrogen and oxygen atoms in total. The third kappa shape index (κ3) is 5.89. The largest absolute Gasteiger partial charge is 0.444 e. The van der Waals surface area contributed by atoms with Crippen molar-refractivity contribution in [2.75, 3.05) is 6.61 Å². The van der Waals surface area contributed by atoms with E-state index in [4.69, 9.17) is 10.5 Å². The number of ether oxygens (including phenoxy) is 2. The van der Waals surface area contributed by atoms with Crippen LogP contribution in [-0.2, 0) is 20.9 Å². The van der Waals surface area contributed by atoms with Crippen LogP contribution in [0.25, 0.3) is 0 Å². The molecule has 138 valence electrons. The van der Waals surface area contributed by atoms with Crippen LogP contribution in [0.5, 0.6) is 0 Å². The number of esters is 1. The van der Waals surface area contributed by atoms with Crippen LogP contribution in [0.4, 0.5) is 13.2 Å². The monoisotopic (exact) mass is 367 g/mol. The summed E-state index contributed by atoms with van der Waals surface area (Å²) in [6, 6.07) is 13.9. The molecular weight excluding hydrogens is 351 g/mol. The highest BCUT2D eigenvalue weighted by Gasteiger charge is 2.27. The molecule has 0 radical (unpaired) electrons. The summed E-state index contributed by atoms with van der Waals surface area (Å²) in [5.74, 6) is -1.60. The Bertz CT molecular complexity index is 745. The molecule has 0 bridgehead atoms. The minimum atomic E-state index is -4.40. The van der Waals surface area contributed by atoms with Gasteiger partial charge in [-0.05, 0) is 17.7 Å². The fourth-order valence-electron chi connectivity index (χ4n) is 2.11. The zero-order chi connectivity index (χ0) is 19.2. The lowest BCUT2D eigenvalue weighted by Gasteiger charge is -2.15. The van der Waals surface area contributed by atoms with Gasteiger partial charge in [-0.25, -0.2) is 4.79 Å². The first-order chi connectivity index (χ1) is 12.3. The highest BCUT2D eigenvalue weighted by Crippen LogP contribution is 2.20. The first-order valence-electron chi connectivity index (χ1n) is 7.55. The van der Waals surface area contributed by atoms with Crippen molar-refractivity contribution in [1.82, 2.24) is 0 Å². The van der Waals surface area contributed by atoms with Gasteiger partial charge < -0.3 is 15.2 Å². The number of amides is 1. The summed E-state index contributed by atoms with van der Waals surface area (Å²) < 4.78 is 45.8. The number of carbonyl (C=O) groups excluding carboxylic acids is 2. The zero-order valence-corrected chi connectivity index (χ0v) is 13.5. The van der Waals surface area contributed by atoms with Crippen molar-refractivity contribution in [2.45, 2.75) is 18.9 Å². The van der Waals surface area contributed by atoms with Crippen LogP contribution in [0.15, 0.2) is 54.6 Å². The fraction of sp³-hybridized carbons (Fsp3) is 0.222. The highest BCUT2D eigenvalue weighted by molar-refractivity contribution is 5.92. The minimum Gasteiger partial charge on any atom is -0.444 e. The number of rotatable bonds is 7. The molecule has 0 heterocycles. The number of carbonyl (C=O) groups is 2. The van der Waals surface area contributed by atoms with Crippen LogP contribution in [0.2, 0.25) is 0 Å². The van der Waals surface area contributed by atoms with Crippen molar-refractivity contribution in [1.29, 1.82) is 0 Å². The SMILES string of the molecule is NC(=O)C(OC(=O)c1ccc(COCC(F)(F)F)cc1)c1ccccc1. The van der Waals surface area contributed by atoms with Gasteiger partial charge in [0.25, 0.3) is 5.91 Å². The van der Waals surface area contributed by atoms with Gasteiger partial charge in [-0.2, -0.15) is 13.2 Å². The van der Waals surface area contributed by atoms with Crippen LogP contribution >= 0.6 is 0 Å². The van der Waals surface area contributed by atoms with E-state index >= 15 is 0 Å². The van der Waals surface area contributed by atoms with Gasteiger partial charge in [-0.15, -0.1) is 0 Å². The lowest BCUT2D eigenvalue weighted by atomic mass is 10.1. The number of benzene rings is 2. The summed E-state index contributed by atoms with van der Waals surface area (Å²) in [6.07, 6.45) is -5.64. The Morgan fingerprint density at radius 1 is 1.00 bits per heavy atom. The van der Waals surface area contributed by atoms with E-state index in [1.807, 2.05) is 0 Å². The predicted molar refractivity (Wildman–Crippen MR) is 85.9 cm³/mol. The molecule has 1 amide bonds. The predicted octanol–water partition coefficient (Wildman–Crippen LogP) is 3.15. The number of primary amides is 1. The quantitative estimate of drug-likeness (QED) is 0.763. The van der Waals surface area contributed by atoms with E-state index in [0.29, 0.717) is 11.1 Å². The summed E-state index contributed by atoms with van der Waals surface area (Å²) in [4.78, 5) is 23.7. The molecule has 2 aromatic carbocycles. The molecule has 0 aliphatic carbocycles. The van der Waals surface area contributed by atoms with Crippen molar-refractivity contribution in [3.8, 4) is 0 Å². The van der Waals surface area contributed by atoms with E-state index in [1.165, 1.54) is 24.3 Å². The topological polar surface area (TPSA) is 78.6 Å². The van der Waals surface area contributed by atoms with Crippen LogP contribution in [0, 0.1) is 0 Å². The molecule has 0 aromatic heterocycles. The normalized spacial score (nSPS) is 12.4. The Morgan fingerprint density at radius 2 is 1.62 bits per heavy atom. The van der Waals surface area contributed by atoms with Gasteiger partial charge in [-0.3, -0.25) is 4.79 Å². The second kappa shape index (κ2) is 8.48. The zero-order valence-electron chi connectivity index (χ0n) is 13.5. The molecule has 0 saturated carbocycles. The van der Waals surface area contributed by atoms with Crippen molar-refractivity contribution >= 4 is 11.9 Å². The van der Waals surface area contributed by atoms with E-state index < -0.39 is 30.8 Å². The minimum absolute atomic E-state index is 0.131. The third-order valence-electron chi connectivity index (χ3n) is 3.31. The molecule has 26 heavy (non-hydrogen) atoms. The number of nitrogens with two attached hydrogens (primary N) is 1. The molecular formula is C18H16F3NO4. The van der Waals surface area contributed by atoms with E-state index in [0.717, 1.165) is 0 Å². The van der Waals surface area contributed by atoms with Crippen LogP contribution in [0.1, 0.15) is 27.6 Å². The fourth-order valence-corrected chi connectivity index (χ4v) is 2.11. The Morgan fingerprint density at radius 3 is 2.15 bits per heavy atom. The van der Waals surface area contributed by atoms with Gasteiger partial charge in [0.1, 0.15) is 6.61 Å². The van der Waals surface area contributed by atoms with E-state index in [-0.39, 0.29) is 12.2 Å². The maximum atomic E-state index is 12.2. The van der Waals surface area contributed by atoms with Gasteiger partial charge in [-0.1, -0.05) is 42.5 Å². The maximum absolute atomic E-state index is 12.2. The van der Waals surface area contributed by atoms with Crippen molar-refractivity contribution in [3.63, 3.8) is 0 Å². The lowest BCUT2D eigenvalue weighted by Crippen LogP contribution is -2.26. The Kier molecular flexibility index (Phi) is 6.35. The Labute approximate surface area is 147 Å². The standard InChI is InChI=1S/C18H16F3NO4/c19-18(20,21)11-25-10-12-6-8-14(9-7-12)17(24)26-15(16(22)23)13-4-2-1-3-5-13/h1-9,15H,10-11H2,(H2,22,23). The average molecular weight is 367 g/mol. The maximum Gasteiger partial charge on any atom is 0.411 e. The van der Waals surface area contributed by atoms with Gasteiger partial charge in [0, 0.05) is 5.56 Å². The van der Waals surface area contributed by atoms with E-state index in [1.54, 1.807) is 30.3 Å². The smallest absolute Gasteiger partial charge is 0.411 e. The molecule has 8 heteroatoms. The molecule has 2 rings (SSSR count). The molecule has 1 atom stereocenters. The van der Waals surface area contributed by atoms with Crippen molar-refractivity contribution in [3.05, 3.63) is 71.3 Å². The van der Waals surface area contributed by atoms with Crippen molar-refractivity contribution in [2.24, 2.45) is 5.73 Å². The first kappa shape index (κ1) is 19.5. The van der Waals surface area contributed by atoms with Crippen LogP contribution in [0.3, 0.4) is 0 Å².